The van der Waals surface area contributed by atoms with Crippen molar-refractivity contribution in [1.29, 1.82) is 0 Å². The monoisotopic (exact) mass is 298 g/mol. The summed E-state index contributed by atoms with van der Waals surface area (Å²) < 4.78 is 11.9. The number of ether oxygens (including phenoxy) is 2. The molecule has 2 nitrogen and oxygen atoms in total. The Kier molecular flexibility index (Phi) is 4.80. The summed E-state index contributed by atoms with van der Waals surface area (Å²) in [6, 6.07) is 6.48. The van der Waals surface area contributed by atoms with E-state index in [0.717, 1.165) is 29.9 Å². The lowest BCUT2D eigenvalue weighted by Gasteiger charge is -2.36. The normalized spacial score (nSPS) is 16.9. The Morgan fingerprint density at radius 2 is 2.09 bits per heavy atom. The van der Waals surface area contributed by atoms with E-state index >= 15 is 0 Å². The third kappa shape index (κ3) is 2.96. The van der Waals surface area contributed by atoms with Crippen molar-refractivity contribution in [3.63, 3.8) is 0 Å². The molecule has 118 valence electrons. The maximum Gasteiger partial charge on any atom is 0.131 e. The highest BCUT2D eigenvalue weighted by molar-refractivity contribution is 5.83. The van der Waals surface area contributed by atoms with Crippen LogP contribution in [0.1, 0.15) is 50.3 Å². The molecule has 1 aromatic rings. The van der Waals surface area contributed by atoms with Crippen LogP contribution in [-0.2, 0) is 15.1 Å². The Labute approximate surface area is 134 Å². The van der Waals surface area contributed by atoms with Gasteiger partial charge in [0.2, 0.25) is 0 Å². The van der Waals surface area contributed by atoms with Crippen molar-refractivity contribution in [2.24, 2.45) is 0 Å². The van der Waals surface area contributed by atoms with Gasteiger partial charge in [0, 0.05) is 5.56 Å². The molecule has 0 radical (unpaired) electrons. The summed E-state index contributed by atoms with van der Waals surface area (Å²) >= 11 is 0. The number of hydrogen-bond donors (Lipinski definition) is 0. The van der Waals surface area contributed by atoms with Crippen LogP contribution in [0.4, 0.5) is 0 Å². The van der Waals surface area contributed by atoms with Crippen molar-refractivity contribution in [3.8, 4) is 0 Å². The first kappa shape index (κ1) is 16.4. The molecule has 0 atom stereocenters. The lowest BCUT2D eigenvalue weighted by Crippen LogP contribution is -2.27. The molecule has 0 aromatic heterocycles. The van der Waals surface area contributed by atoms with Gasteiger partial charge in [-0.25, -0.2) is 0 Å². The minimum Gasteiger partial charge on any atom is -0.496 e. The fraction of sp³-hybridized carbons (Fsp3) is 0.400. The average molecular weight is 298 g/mol. The van der Waals surface area contributed by atoms with E-state index in [0.29, 0.717) is 0 Å². The van der Waals surface area contributed by atoms with Gasteiger partial charge in [0.15, 0.2) is 0 Å². The SMILES string of the molecule is C=CC1=C(/C(=C\CCC)OC)c2cc(C)ccc2C(C)(C)O1. The molecule has 22 heavy (non-hydrogen) atoms. The molecule has 0 N–H and O–H groups in total. The van der Waals surface area contributed by atoms with Crippen LogP contribution in [0.5, 0.6) is 0 Å². The lowest BCUT2D eigenvalue weighted by atomic mass is 9.84. The van der Waals surface area contributed by atoms with E-state index in [1.165, 1.54) is 16.7 Å². The summed E-state index contributed by atoms with van der Waals surface area (Å²) in [5.41, 5.74) is 4.21. The van der Waals surface area contributed by atoms with Gasteiger partial charge in [-0.2, -0.15) is 0 Å². The van der Waals surface area contributed by atoms with E-state index in [2.05, 4.69) is 58.5 Å². The fourth-order valence-corrected chi connectivity index (χ4v) is 2.86. The van der Waals surface area contributed by atoms with Crippen LogP contribution in [0.25, 0.3) is 5.57 Å². The van der Waals surface area contributed by atoms with Gasteiger partial charge in [0.25, 0.3) is 0 Å². The molecule has 0 bridgehead atoms. The second kappa shape index (κ2) is 6.43. The molecule has 2 rings (SSSR count). The van der Waals surface area contributed by atoms with E-state index in [4.69, 9.17) is 9.47 Å². The molecule has 2 heteroatoms. The molecule has 1 aliphatic heterocycles. The average Bonchev–Trinajstić information content (AvgIpc) is 2.48. The molecule has 1 aromatic carbocycles. The predicted octanol–water partition coefficient (Wildman–Crippen LogP) is 5.49. The summed E-state index contributed by atoms with van der Waals surface area (Å²) in [5, 5.41) is 0. The minimum absolute atomic E-state index is 0.375. The van der Waals surface area contributed by atoms with Gasteiger partial charge in [-0.3, -0.25) is 0 Å². The van der Waals surface area contributed by atoms with Gasteiger partial charge in [-0.05, 0) is 44.9 Å². The second-order valence-electron chi connectivity index (χ2n) is 6.17. The topological polar surface area (TPSA) is 18.5 Å². The van der Waals surface area contributed by atoms with Gasteiger partial charge in [-0.15, -0.1) is 0 Å². The van der Waals surface area contributed by atoms with Crippen LogP contribution in [0.15, 0.2) is 48.4 Å². The van der Waals surface area contributed by atoms with Crippen molar-refractivity contribution < 1.29 is 9.47 Å². The molecule has 0 fully saturated rings. The number of allylic oxidation sites excluding steroid dienone is 3. The van der Waals surface area contributed by atoms with E-state index in [9.17, 15) is 0 Å². The summed E-state index contributed by atoms with van der Waals surface area (Å²) in [5.74, 6) is 1.64. The quantitative estimate of drug-likeness (QED) is 0.669. The zero-order valence-electron chi connectivity index (χ0n) is 14.3. The zero-order valence-corrected chi connectivity index (χ0v) is 14.3. The molecule has 0 saturated carbocycles. The molecule has 1 heterocycles. The van der Waals surface area contributed by atoms with E-state index < -0.39 is 0 Å². The maximum absolute atomic E-state index is 6.21. The smallest absolute Gasteiger partial charge is 0.131 e. The first-order valence-electron chi connectivity index (χ1n) is 7.86. The highest BCUT2D eigenvalue weighted by atomic mass is 16.5. The van der Waals surface area contributed by atoms with Crippen LogP contribution < -0.4 is 0 Å². The van der Waals surface area contributed by atoms with Gasteiger partial charge in [0.1, 0.15) is 17.1 Å². The number of aryl methyl sites for hydroxylation is 1. The highest BCUT2D eigenvalue weighted by Crippen LogP contribution is 2.44. The number of benzene rings is 1. The predicted molar refractivity (Wildman–Crippen MR) is 92.4 cm³/mol. The molecule has 0 saturated heterocycles. The number of hydrogen-bond acceptors (Lipinski definition) is 2. The Morgan fingerprint density at radius 3 is 2.68 bits per heavy atom. The van der Waals surface area contributed by atoms with Crippen LogP contribution in [0.2, 0.25) is 0 Å². The molecule has 0 spiro atoms. The standard InChI is InChI=1S/C20H26O2/c1-7-9-10-18(21-6)19-15-13-14(3)11-12-16(15)20(4,5)22-17(19)8-2/h8,10-13H,2,7,9H2,1,3-6H3/b18-10+. The highest BCUT2D eigenvalue weighted by Gasteiger charge is 2.34. The van der Waals surface area contributed by atoms with E-state index in [1.807, 2.05) is 0 Å². The van der Waals surface area contributed by atoms with E-state index in [1.54, 1.807) is 13.2 Å². The van der Waals surface area contributed by atoms with Crippen LogP contribution in [0, 0.1) is 6.92 Å². The maximum atomic E-state index is 6.21. The first-order chi connectivity index (χ1) is 10.4. The van der Waals surface area contributed by atoms with Crippen molar-refractivity contribution >= 4 is 5.57 Å². The molecule has 1 aliphatic rings. The minimum atomic E-state index is -0.375. The van der Waals surface area contributed by atoms with Gasteiger partial charge >= 0.3 is 0 Å². The van der Waals surface area contributed by atoms with E-state index in [-0.39, 0.29) is 5.60 Å². The largest absolute Gasteiger partial charge is 0.496 e. The molecular weight excluding hydrogens is 272 g/mol. The van der Waals surface area contributed by atoms with Crippen molar-refractivity contribution in [1.82, 2.24) is 0 Å². The van der Waals surface area contributed by atoms with Crippen LogP contribution >= 0.6 is 0 Å². The molecule has 0 unspecified atom stereocenters. The summed E-state index contributed by atoms with van der Waals surface area (Å²) in [4.78, 5) is 0. The third-order valence-corrected chi connectivity index (χ3v) is 3.97. The lowest BCUT2D eigenvalue weighted by molar-refractivity contribution is 0.0352. The van der Waals surface area contributed by atoms with Gasteiger partial charge in [-0.1, -0.05) is 43.7 Å². The van der Waals surface area contributed by atoms with Crippen LogP contribution in [-0.4, -0.2) is 7.11 Å². The summed E-state index contributed by atoms with van der Waals surface area (Å²) in [6.07, 6.45) is 5.96. The van der Waals surface area contributed by atoms with Gasteiger partial charge in [0.05, 0.1) is 12.7 Å². The number of rotatable bonds is 5. The molecule has 0 aliphatic carbocycles. The van der Waals surface area contributed by atoms with Crippen LogP contribution in [0.3, 0.4) is 0 Å². The van der Waals surface area contributed by atoms with Gasteiger partial charge < -0.3 is 9.47 Å². The van der Waals surface area contributed by atoms with Crippen molar-refractivity contribution in [2.45, 2.75) is 46.1 Å². The third-order valence-electron chi connectivity index (χ3n) is 3.97. The molecule has 0 amide bonds. The Balaban J connectivity index is 2.71. The number of fused-ring (bicyclic) bond motifs is 1. The Morgan fingerprint density at radius 1 is 1.36 bits per heavy atom. The Bertz CT molecular complexity index is 633. The fourth-order valence-electron chi connectivity index (χ4n) is 2.86. The summed E-state index contributed by atoms with van der Waals surface area (Å²) in [6.45, 7) is 12.4. The zero-order chi connectivity index (χ0) is 16.3. The molecular formula is C20H26O2. The van der Waals surface area contributed by atoms with Crippen molar-refractivity contribution in [3.05, 3.63) is 65.1 Å². The Hall–Kier alpha value is -1.96. The first-order valence-corrected chi connectivity index (χ1v) is 7.86. The second-order valence-corrected chi connectivity index (χ2v) is 6.17. The number of unbranched alkanes of at least 4 members (excludes halogenated alkanes) is 1. The van der Waals surface area contributed by atoms with Crippen molar-refractivity contribution in [2.75, 3.05) is 7.11 Å². The number of methoxy groups -OCH3 is 1. The summed E-state index contributed by atoms with van der Waals surface area (Å²) in [7, 11) is 1.71.